The molecule has 3 heteroatoms. The second-order valence-corrected chi connectivity index (χ2v) is 5.96. The molecule has 0 aliphatic heterocycles. The molecule has 1 saturated carbocycles. The van der Waals surface area contributed by atoms with Gasteiger partial charge in [-0.3, -0.25) is 4.79 Å². The topological polar surface area (TPSA) is 41.1 Å². The monoisotopic (exact) mass is 226 g/mol. The number of carbonyl (C=O) groups is 1. The van der Waals surface area contributed by atoms with Gasteiger partial charge in [-0.2, -0.15) is 0 Å². The lowest BCUT2D eigenvalue weighted by Crippen LogP contribution is -2.46. The molecule has 1 aliphatic carbocycles. The first-order valence-electron chi connectivity index (χ1n) is 6.45. The highest BCUT2D eigenvalue weighted by Gasteiger charge is 2.24. The average molecular weight is 226 g/mol. The van der Waals surface area contributed by atoms with Gasteiger partial charge < -0.3 is 10.6 Å². The summed E-state index contributed by atoms with van der Waals surface area (Å²) in [6.07, 6.45) is 5.11. The van der Waals surface area contributed by atoms with Crippen LogP contribution in [0, 0.1) is 5.92 Å². The fraction of sp³-hybridized carbons (Fsp3) is 0.923. The molecule has 0 saturated heterocycles. The minimum Gasteiger partial charge on any atom is -0.350 e. The number of hydrogen-bond acceptors (Lipinski definition) is 2. The number of hydrogen-bond donors (Lipinski definition) is 2. The summed E-state index contributed by atoms with van der Waals surface area (Å²) < 4.78 is 0. The summed E-state index contributed by atoms with van der Waals surface area (Å²) in [7, 11) is 0. The van der Waals surface area contributed by atoms with Crippen molar-refractivity contribution in [1.29, 1.82) is 0 Å². The van der Waals surface area contributed by atoms with Crippen molar-refractivity contribution in [3.63, 3.8) is 0 Å². The van der Waals surface area contributed by atoms with E-state index in [1.165, 1.54) is 19.3 Å². The summed E-state index contributed by atoms with van der Waals surface area (Å²) in [6.45, 7) is 8.65. The molecule has 1 aliphatic rings. The van der Waals surface area contributed by atoms with Crippen molar-refractivity contribution in [2.75, 3.05) is 6.54 Å². The average Bonchev–Trinajstić information content (AvgIpc) is 2.92. The van der Waals surface area contributed by atoms with E-state index in [4.69, 9.17) is 0 Å². The van der Waals surface area contributed by atoms with Crippen molar-refractivity contribution < 1.29 is 4.79 Å². The molecule has 0 aromatic heterocycles. The Bertz CT molecular complexity index is 229. The van der Waals surface area contributed by atoms with Crippen LogP contribution in [-0.2, 0) is 4.79 Å². The van der Waals surface area contributed by atoms with E-state index < -0.39 is 0 Å². The van der Waals surface area contributed by atoms with Gasteiger partial charge >= 0.3 is 0 Å². The molecular formula is C13H26N2O. The normalized spacial score (nSPS) is 18.2. The molecule has 0 bridgehead atoms. The largest absolute Gasteiger partial charge is 0.350 e. The van der Waals surface area contributed by atoms with E-state index in [-0.39, 0.29) is 11.4 Å². The highest BCUT2D eigenvalue weighted by atomic mass is 16.2. The number of rotatable bonds is 6. The number of nitrogens with one attached hydrogen (secondary N) is 2. The maximum absolute atomic E-state index is 11.6. The van der Waals surface area contributed by atoms with Crippen LogP contribution in [0.25, 0.3) is 0 Å². The van der Waals surface area contributed by atoms with Gasteiger partial charge in [-0.05, 0) is 39.5 Å². The Hall–Kier alpha value is -0.570. The fourth-order valence-electron chi connectivity index (χ4n) is 1.85. The van der Waals surface area contributed by atoms with Crippen LogP contribution < -0.4 is 10.6 Å². The highest BCUT2D eigenvalue weighted by molar-refractivity contribution is 5.78. The second-order valence-electron chi connectivity index (χ2n) is 5.96. The third-order valence-electron chi connectivity index (χ3n) is 2.87. The van der Waals surface area contributed by atoms with Gasteiger partial charge in [0, 0.05) is 11.6 Å². The Balaban J connectivity index is 2.17. The zero-order valence-corrected chi connectivity index (χ0v) is 11.1. The molecule has 0 heterocycles. The lowest BCUT2D eigenvalue weighted by atomic mass is 10.1. The molecule has 1 unspecified atom stereocenters. The van der Waals surface area contributed by atoms with Crippen molar-refractivity contribution >= 4 is 5.91 Å². The third kappa shape index (κ3) is 6.11. The Morgan fingerprint density at radius 1 is 1.38 bits per heavy atom. The second kappa shape index (κ2) is 5.67. The summed E-state index contributed by atoms with van der Waals surface area (Å²) in [4.78, 5) is 11.6. The molecule has 1 atom stereocenters. The molecule has 1 amide bonds. The predicted molar refractivity (Wildman–Crippen MR) is 67.3 cm³/mol. The molecular weight excluding hydrogens is 200 g/mol. The summed E-state index contributed by atoms with van der Waals surface area (Å²) in [5, 5.41) is 6.32. The van der Waals surface area contributed by atoms with Gasteiger partial charge in [0.1, 0.15) is 0 Å². The number of carbonyl (C=O) groups excluding carboxylic acids is 1. The van der Waals surface area contributed by atoms with Gasteiger partial charge in [-0.1, -0.05) is 19.8 Å². The predicted octanol–water partition coefficient (Wildman–Crippen LogP) is 2.07. The highest BCUT2D eigenvalue weighted by Crippen LogP contribution is 2.33. The summed E-state index contributed by atoms with van der Waals surface area (Å²) in [5.74, 6) is 1.02. The summed E-state index contributed by atoms with van der Waals surface area (Å²) in [5.41, 5.74) is -0.128. The van der Waals surface area contributed by atoms with E-state index in [1.54, 1.807) is 0 Å². The Labute approximate surface area is 99.4 Å². The molecule has 2 N–H and O–H groups in total. The van der Waals surface area contributed by atoms with Gasteiger partial charge in [0.05, 0.1) is 6.54 Å². The van der Waals surface area contributed by atoms with Gasteiger partial charge in [-0.15, -0.1) is 0 Å². The van der Waals surface area contributed by atoms with Gasteiger partial charge in [0.25, 0.3) is 0 Å². The van der Waals surface area contributed by atoms with Crippen molar-refractivity contribution in [3.8, 4) is 0 Å². The standard InChI is InChI=1S/C13H26N2O/c1-5-11(8-10-6-7-10)14-9-12(16)15-13(2,3)4/h10-11,14H,5-9H2,1-4H3,(H,15,16). The SMILES string of the molecule is CCC(CC1CC1)NCC(=O)NC(C)(C)C. The summed E-state index contributed by atoms with van der Waals surface area (Å²) in [6, 6.07) is 0.512. The van der Waals surface area contributed by atoms with Gasteiger partial charge in [-0.25, -0.2) is 0 Å². The zero-order valence-electron chi connectivity index (χ0n) is 11.1. The van der Waals surface area contributed by atoms with E-state index in [1.807, 2.05) is 20.8 Å². The van der Waals surface area contributed by atoms with Crippen LogP contribution in [0.15, 0.2) is 0 Å². The molecule has 1 fully saturated rings. The lowest BCUT2D eigenvalue weighted by Gasteiger charge is -2.22. The minimum absolute atomic E-state index is 0.0988. The molecule has 0 radical (unpaired) electrons. The maximum Gasteiger partial charge on any atom is 0.234 e. The molecule has 1 rings (SSSR count). The van der Waals surface area contributed by atoms with Crippen LogP contribution in [0.3, 0.4) is 0 Å². The summed E-state index contributed by atoms with van der Waals surface area (Å²) >= 11 is 0. The first kappa shape index (κ1) is 13.5. The first-order chi connectivity index (χ1) is 7.40. The minimum atomic E-state index is -0.128. The zero-order chi connectivity index (χ0) is 12.2. The molecule has 94 valence electrons. The molecule has 3 nitrogen and oxygen atoms in total. The molecule has 16 heavy (non-hydrogen) atoms. The van der Waals surface area contributed by atoms with E-state index in [9.17, 15) is 4.79 Å². The third-order valence-corrected chi connectivity index (χ3v) is 2.87. The molecule has 0 spiro atoms. The van der Waals surface area contributed by atoms with Crippen LogP contribution in [0.5, 0.6) is 0 Å². The van der Waals surface area contributed by atoms with Crippen molar-refractivity contribution in [2.24, 2.45) is 5.92 Å². The Morgan fingerprint density at radius 2 is 2.00 bits per heavy atom. The van der Waals surface area contributed by atoms with Crippen LogP contribution >= 0.6 is 0 Å². The molecule has 0 aromatic rings. The van der Waals surface area contributed by atoms with Crippen molar-refractivity contribution in [2.45, 2.75) is 65.0 Å². The van der Waals surface area contributed by atoms with Crippen LogP contribution in [0.4, 0.5) is 0 Å². The van der Waals surface area contributed by atoms with E-state index in [2.05, 4.69) is 17.6 Å². The number of amides is 1. The molecule has 0 aromatic carbocycles. The van der Waals surface area contributed by atoms with Crippen LogP contribution in [0.1, 0.15) is 53.4 Å². The van der Waals surface area contributed by atoms with Gasteiger partial charge in [0.15, 0.2) is 0 Å². The van der Waals surface area contributed by atoms with E-state index in [0.29, 0.717) is 12.6 Å². The van der Waals surface area contributed by atoms with E-state index in [0.717, 1.165) is 12.3 Å². The lowest BCUT2D eigenvalue weighted by molar-refractivity contribution is -0.121. The van der Waals surface area contributed by atoms with E-state index >= 15 is 0 Å². The Morgan fingerprint density at radius 3 is 2.44 bits per heavy atom. The smallest absolute Gasteiger partial charge is 0.234 e. The van der Waals surface area contributed by atoms with Crippen LogP contribution in [0.2, 0.25) is 0 Å². The van der Waals surface area contributed by atoms with Gasteiger partial charge in [0.2, 0.25) is 5.91 Å². The Kier molecular flexibility index (Phi) is 4.78. The van der Waals surface area contributed by atoms with Crippen molar-refractivity contribution in [1.82, 2.24) is 10.6 Å². The van der Waals surface area contributed by atoms with Crippen molar-refractivity contribution in [3.05, 3.63) is 0 Å². The quantitative estimate of drug-likeness (QED) is 0.728. The maximum atomic E-state index is 11.6. The first-order valence-corrected chi connectivity index (χ1v) is 6.45. The fourth-order valence-corrected chi connectivity index (χ4v) is 1.85. The van der Waals surface area contributed by atoms with Crippen LogP contribution in [-0.4, -0.2) is 24.0 Å².